The molecule has 2 heterocycles. The molecule has 0 atom stereocenters. The van der Waals surface area contributed by atoms with E-state index in [0.717, 1.165) is 34.0 Å². The lowest BCUT2D eigenvalue weighted by Crippen LogP contribution is -2.15. The van der Waals surface area contributed by atoms with E-state index in [2.05, 4.69) is 15.0 Å². The fraction of sp³-hybridized carbons (Fsp3) is 0.176. The number of hydrogen-bond donors (Lipinski definition) is 1. The van der Waals surface area contributed by atoms with E-state index in [1.165, 1.54) is 11.3 Å². The Bertz CT molecular complexity index is 892. The number of hydrogen-bond acceptors (Lipinski definition) is 5. The summed E-state index contributed by atoms with van der Waals surface area (Å²) in [5, 5.41) is 0. The van der Waals surface area contributed by atoms with Crippen LogP contribution >= 0.6 is 11.3 Å². The largest absolute Gasteiger partial charge is 0.366 e. The third-order valence-corrected chi connectivity index (χ3v) is 4.64. The van der Waals surface area contributed by atoms with Crippen LogP contribution in [0.4, 0.5) is 4.39 Å². The van der Waals surface area contributed by atoms with Crippen LogP contribution in [-0.4, -0.2) is 20.9 Å². The zero-order valence-electron chi connectivity index (χ0n) is 13.2. The molecular formula is C17H15FN4OS. The van der Waals surface area contributed by atoms with Gasteiger partial charge in [0.15, 0.2) is 11.6 Å². The van der Waals surface area contributed by atoms with Crippen molar-refractivity contribution >= 4 is 17.2 Å². The van der Waals surface area contributed by atoms with Crippen LogP contribution in [0.2, 0.25) is 0 Å². The highest BCUT2D eigenvalue weighted by molar-refractivity contribution is 7.13. The summed E-state index contributed by atoms with van der Waals surface area (Å²) in [4.78, 5) is 25.1. The summed E-state index contributed by atoms with van der Waals surface area (Å²) in [6.45, 7) is 3.90. The van der Waals surface area contributed by atoms with Crippen LogP contribution < -0.4 is 5.73 Å². The first kappa shape index (κ1) is 16.2. The Labute approximate surface area is 142 Å². The minimum Gasteiger partial charge on any atom is -0.366 e. The van der Waals surface area contributed by atoms with Gasteiger partial charge in [-0.05, 0) is 30.5 Å². The first-order valence-corrected chi connectivity index (χ1v) is 8.24. The number of benzene rings is 1. The Morgan fingerprint density at radius 3 is 2.54 bits per heavy atom. The number of nitrogens with two attached hydrogens (primary N) is 1. The van der Waals surface area contributed by atoms with Crippen molar-refractivity contribution in [3.63, 3.8) is 0 Å². The lowest BCUT2D eigenvalue weighted by atomic mass is 9.89. The fourth-order valence-electron chi connectivity index (χ4n) is 2.78. The summed E-state index contributed by atoms with van der Waals surface area (Å²) >= 11 is 1.48. The van der Waals surface area contributed by atoms with Crippen LogP contribution in [0.1, 0.15) is 28.4 Å². The number of halogens is 1. The van der Waals surface area contributed by atoms with Gasteiger partial charge in [0.25, 0.3) is 0 Å². The summed E-state index contributed by atoms with van der Waals surface area (Å²) in [5.74, 6) is -0.676. The van der Waals surface area contributed by atoms with Gasteiger partial charge in [-0.3, -0.25) is 9.78 Å². The summed E-state index contributed by atoms with van der Waals surface area (Å²) < 4.78 is 13.1. The van der Waals surface area contributed by atoms with Gasteiger partial charge in [-0.2, -0.15) is 0 Å². The molecule has 3 rings (SSSR count). The molecule has 0 bridgehead atoms. The van der Waals surface area contributed by atoms with Gasteiger partial charge in [0, 0.05) is 22.9 Å². The van der Waals surface area contributed by atoms with Crippen LogP contribution in [0.3, 0.4) is 0 Å². The van der Waals surface area contributed by atoms with E-state index >= 15 is 0 Å². The predicted molar refractivity (Wildman–Crippen MR) is 91.2 cm³/mol. The highest BCUT2D eigenvalue weighted by atomic mass is 32.1. The second kappa shape index (κ2) is 6.45. The molecule has 5 nitrogen and oxygen atoms in total. The van der Waals surface area contributed by atoms with E-state index in [4.69, 9.17) is 5.73 Å². The number of carbonyl (C=O) groups is 1. The lowest BCUT2D eigenvalue weighted by Gasteiger charge is -2.17. The van der Waals surface area contributed by atoms with Crippen LogP contribution in [-0.2, 0) is 6.42 Å². The Hall–Kier alpha value is -2.67. The lowest BCUT2D eigenvalue weighted by molar-refractivity contribution is 0.0999. The van der Waals surface area contributed by atoms with E-state index in [-0.39, 0.29) is 0 Å². The molecule has 122 valence electrons. The average Bonchev–Trinajstić information content (AvgIpc) is 3.09. The maximum Gasteiger partial charge on any atom is 0.249 e. The highest BCUT2D eigenvalue weighted by Gasteiger charge is 2.21. The van der Waals surface area contributed by atoms with Crippen molar-refractivity contribution in [1.82, 2.24) is 15.0 Å². The first-order chi connectivity index (χ1) is 11.5. The summed E-state index contributed by atoms with van der Waals surface area (Å²) in [6.07, 6.45) is 4.61. The molecule has 0 aliphatic heterocycles. The van der Waals surface area contributed by atoms with E-state index in [9.17, 15) is 9.18 Å². The quantitative estimate of drug-likeness (QED) is 0.788. The first-order valence-electron chi connectivity index (χ1n) is 7.36. The zero-order valence-corrected chi connectivity index (χ0v) is 14.0. The maximum atomic E-state index is 13.1. The maximum absolute atomic E-state index is 13.1. The van der Waals surface area contributed by atoms with Crippen LogP contribution in [0.25, 0.3) is 21.8 Å². The van der Waals surface area contributed by atoms with Crippen molar-refractivity contribution in [3.8, 4) is 21.8 Å². The van der Waals surface area contributed by atoms with E-state index in [1.807, 2.05) is 13.8 Å². The smallest absolute Gasteiger partial charge is 0.249 e. The molecule has 0 aliphatic rings. The molecule has 0 unspecified atom stereocenters. The number of carbonyl (C=O) groups excluding carboxylic acids is 1. The SMILES string of the molecule is CCc1c(C(N)=O)cc(-c2ncc(F)cn2)c(C)c1-c1cncs1. The van der Waals surface area contributed by atoms with E-state index in [0.29, 0.717) is 23.4 Å². The highest BCUT2D eigenvalue weighted by Crippen LogP contribution is 2.37. The topological polar surface area (TPSA) is 81.8 Å². The number of nitrogens with zero attached hydrogens (tertiary/aromatic N) is 3. The van der Waals surface area contributed by atoms with Crippen molar-refractivity contribution < 1.29 is 9.18 Å². The molecule has 2 aromatic heterocycles. The number of amides is 1. The minimum atomic E-state index is -0.514. The van der Waals surface area contributed by atoms with Crippen molar-refractivity contribution in [2.24, 2.45) is 5.73 Å². The Morgan fingerprint density at radius 1 is 1.29 bits per heavy atom. The summed E-state index contributed by atoms with van der Waals surface area (Å²) in [7, 11) is 0. The third kappa shape index (κ3) is 2.78. The Morgan fingerprint density at radius 2 is 2.00 bits per heavy atom. The van der Waals surface area contributed by atoms with Gasteiger partial charge in [0.1, 0.15) is 0 Å². The molecule has 0 radical (unpaired) electrons. The monoisotopic (exact) mass is 342 g/mol. The average molecular weight is 342 g/mol. The van der Waals surface area contributed by atoms with Crippen LogP contribution in [0.15, 0.2) is 30.2 Å². The van der Waals surface area contributed by atoms with Crippen LogP contribution in [0, 0.1) is 12.7 Å². The molecule has 1 aromatic carbocycles. The molecule has 1 amide bonds. The van der Waals surface area contributed by atoms with Crippen molar-refractivity contribution in [2.45, 2.75) is 20.3 Å². The molecule has 0 spiro atoms. The number of rotatable bonds is 4. The van der Waals surface area contributed by atoms with Gasteiger partial charge in [0.2, 0.25) is 5.91 Å². The molecule has 2 N–H and O–H groups in total. The Balaban J connectivity index is 2.35. The molecule has 3 aromatic rings. The minimum absolute atomic E-state index is 0.352. The van der Waals surface area contributed by atoms with Crippen molar-refractivity contribution in [3.05, 3.63) is 52.7 Å². The van der Waals surface area contributed by atoms with Gasteiger partial charge >= 0.3 is 0 Å². The van der Waals surface area contributed by atoms with Gasteiger partial charge in [-0.15, -0.1) is 11.3 Å². The van der Waals surface area contributed by atoms with Gasteiger partial charge in [-0.25, -0.2) is 14.4 Å². The fourth-order valence-corrected chi connectivity index (χ4v) is 3.53. The Kier molecular flexibility index (Phi) is 4.35. The van der Waals surface area contributed by atoms with Gasteiger partial charge in [0.05, 0.1) is 22.8 Å². The van der Waals surface area contributed by atoms with E-state index < -0.39 is 11.7 Å². The molecule has 0 saturated carbocycles. The summed E-state index contributed by atoms with van der Waals surface area (Å²) in [6, 6.07) is 1.69. The third-order valence-electron chi connectivity index (χ3n) is 3.85. The number of thiazole rings is 1. The molecule has 7 heteroatoms. The second-order valence-corrected chi connectivity index (χ2v) is 6.14. The number of primary amides is 1. The van der Waals surface area contributed by atoms with E-state index in [1.54, 1.807) is 17.8 Å². The summed E-state index contributed by atoms with van der Waals surface area (Å²) in [5.41, 5.74) is 11.1. The van der Waals surface area contributed by atoms with Gasteiger partial charge in [-0.1, -0.05) is 6.92 Å². The van der Waals surface area contributed by atoms with Gasteiger partial charge < -0.3 is 5.73 Å². The second-order valence-electron chi connectivity index (χ2n) is 5.26. The number of aromatic nitrogens is 3. The normalized spacial score (nSPS) is 10.8. The molecule has 0 saturated heterocycles. The van der Waals surface area contributed by atoms with Crippen LogP contribution in [0.5, 0.6) is 0 Å². The molecular weight excluding hydrogens is 327 g/mol. The van der Waals surface area contributed by atoms with Crippen molar-refractivity contribution in [2.75, 3.05) is 0 Å². The molecule has 24 heavy (non-hydrogen) atoms. The standard InChI is InChI=1S/C17H15FN4OS/c1-3-11-13(16(19)23)4-12(17-21-5-10(18)6-22-17)9(2)15(11)14-7-20-8-24-14/h4-8H,3H2,1-2H3,(H2,19,23). The molecule has 0 aliphatic carbocycles. The zero-order chi connectivity index (χ0) is 17.3. The predicted octanol–water partition coefficient (Wildman–Crippen LogP) is 3.38. The molecule has 0 fully saturated rings. The van der Waals surface area contributed by atoms with Crippen molar-refractivity contribution in [1.29, 1.82) is 0 Å².